The second-order valence-electron chi connectivity index (χ2n) is 1.08. The number of rotatable bonds is 2. The topological polar surface area (TPSA) is 71.4 Å². The fourth-order valence-corrected chi connectivity index (χ4v) is 0.0884. The monoisotopic (exact) mass is 343 g/mol. The van der Waals surface area contributed by atoms with Crippen molar-refractivity contribution in [3.05, 3.63) is 11.5 Å². The summed E-state index contributed by atoms with van der Waals surface area (Å²) in [5, 5.41) is 7.32. The van der Waals surface area contributed by atoms with Crippen LogP contribution in [0, 0.1) is 11.3 Å². The van der Waals surface area contributed by atoms with Gasteiger partial charge in [0.15, 0.2) is 0 Å². The summed E-state index contributed by atoms with van der Waals surface area (Å²) in [5.41, 5.74) is 13.0. The third-order valence-electron chi connectivity index (χ3n) is 0.354. The molecular weight excluding hydrogens is 333 g/mol. The SMILES string of the molecule is CC#N.[Cl][Pt].[NH-]CCC[NH-]. The Morgan fingerprint density at radius 1 is 1.40 bits per heavy atom. The minimum Gasteiger partial charge on any atom is -0.677 e. The van der Waals surface area contributed by atoms with E-state index in [0.717, 1.165) is 6.42 Å². The largest absolute Gasteiger partial charge is 0.677 e. The third-order valence-corrected chi connectivity index (χ3v) is 0.354. The molecule has 0 rings (SSSR count). The minimum atomic E-state index is 0.406. The zero-order valence-corrected chi connectivity index (χ0v) is 8.79. The van der Waals surface area contributed by atoms with Crippen molar-refractivity contribution in [3.63, 3.8) is 0 Å². The van der Waals surface area contributed by atoms with Gasteiger partial charge in [-0.3, -0.25) is 0 Å². The smallest absolute Gasteiger partial charge is 0.0916 e. The second kappa shape index (κ2) is 34.3. The molecule has 0 unspecified atom stereocenters. The van der Waals surface area contributed by atoms with Crippen molar-refractivity contribution in [2.45, 2.75) is 13.3 Å². The van der Waals surface area contributed by atoms with E-state index in [1.165, 1.54) is 6.92 Å². The first kappa shape index (κ1) is 16.8. The number of hydrogen-bond donors (Lipinski definition) is 0. The Hall–Kier alpha value is 0.388. The molecular formula is C5H11ClN3Pt-2. The molecule has 0 radical (unpaired) electrons. The summed E-state index contributed by atoms with van der Waals surface area (Å²) in [5.74, 6) is 0. The van der Waals surface area contributed by atoms with E-state index in [1.54, 1.807) is 24.8 Å². The molecule has 5 heteroatoms. The van der Waals surface area contributed by atoms with Crippen molar-refractivity contribution in [1.82, 2.24) is 0 Å². The summed E-state index contributed by atoms with van der Waals surface area (Å²) in [6.45, 7) is 2.24. The predicted molar refractivity (Wildman–Crippen MR) is 40.1 cm³/mol. The van der Waals surface area contributed by atoms with Gasteiger partial charge in [0, 0.05) is 6.92 Å². The number of nitriles is 1. The Balaban J connectivity index is -0.0000000847. The van der Waals surface area contributed by atoms with Crippen LogP contribution in [0.1, 0.15) is 13.3 Å². The maximum absolute atomic E-state index is 7.32. The Labute approximate surface area is 77.5 Å². The van der Waals surface area contributed by atoms with Crippen molar-refractivity contribution >= 4 is 9.42 Å². The summed E-state index contributed by atoms with van der Waals surface area (Å²) in [6.07, 6.45) is 0.722. The maximum Gasteiger partial charge on any atom is -0.0916 e. The first-order valence-corrected chi connectivity index (χ1v) is 5.37. The average molecular weight is 344 g/mol. The van der Waals surface area contributed by atoms with Crippen molar-refractivity contribution in [2.24, 2.45) is 0 Å². The van der Waals surface area contributed by atoms with Gasteiger partial charge in [-0.25, -0.2) is 0 Å². The number of nitrogens with zero attached hydrogens (tertiary/aromatic N) is 1. The summed E-state index contributed by atoms with van der Waals surface area (Å²) in [4.78, 5) is 0. The van der Waals surface area contributed by atoms with Gasteiger partial charge in [0.25, 0.3) is 0 Å². The molecule has 0 aliphatic rings. The van der Waals surface area contributed by atoms with Crippen LogP contribution >= 0.6 is 9.42 Å². The first-order valence-electron chi connectivity index (χ1n) is 2.55. The van der Waals surface area contributed by atoms with Gasteiger partial charge < -0.3 is 11.5 Å². The number of halogens is 1. The maximum atomic E-state index is 7.32. The van der Waals surface area contributed by atoms with E-state index in [-0.39, 0.29) is 0 Å². The van der Waals surface area contributed by atoms with E-state index in [1.807, 2.05) is 0 Å². The van der Waals surface area contributed by atoms with E-state index in [4.69, 9.17) is 16.7 Å². The van der Waals surface area contributed by atoms with Crippen LogP contribution in [-0.2, 0) is 18.8 Å². The molecule has 0 atom stereocenters. The van der Waals surface area contributed by atoms with Crippen LogP contribution in [0.2, 0.25) is 0 Å². The molecule has 0 aliphatic heterocycles. The Kier molecular flexibility index (Phi) is 57.5. The molecule has 0 spiro atoms. The summed E-state index contributed by atoms with van der Waals surface area (Å²) in [6, 6.07) is 1.75. The van der Waals surface area contributed by atoms with Crippen LogP contribution in [0.4, 0.5) is 0 Å². The molecule has 0 aromatic carbocycles. The van der Waals surface area contributed by atoms with Gasteiger partial charge in [-0.1, -0.05) is 6.42 Å². The average Bonchev–Trinajstić information content (AvgIpc) is 1.96. The van der Waals surface area contributed by atoms with Crippen molar-refractivity contribution in [1.29, 1.82) is 5.26 Å². The molecule has 0 saturated heterocycles. The van der Waals surface area contributed by atoms with Gasteiger partial charge in [0.05, 0.1) is 6.07 Å². The Morgan fingerprint density at radius 3 is 1.60 bits per heavy atom. The van der Waals surface area contributed by atoms with Crippen LogP contribution in [0.3, 0.4) is 0 Å². The summed E-state index contributed by atoms with van der Waals surface area (Å²) >= 11 is 1.61. The number of hydrogen-bond acceptors (Lipinski definition) is 1. The van der Waals surface area contributed by atoms with Gasteiger partial charge in [-0.2, -0.15) is 18.4 Å². The van der Waals surface area contributed by atoms with E-state index in [2.05, 4.69) is 9.42 Å². The molecule has 0 aliphatic carbocycles. The van der Waals surface area contributed by atoms with Crippen LogP contribution in [0.25, 0.3) is 11.5 Å². The van der Waals surface area contributed by atoms with Gasteiger partial charge >= 0.3 is 28.2 Å². The molecule has 0 aromatic heterocycles. The van der Waals surface area contributed by atoms with Crippen LogP contribution in [-0.4, -0.2) is 13.1 Å². The van der Waals surface area contributed by atoms with E-state index in [0.29, 0.717) is 13.1 Å². The first-order chi connectivity index (χ1) is 4.83. The van der Waals surface area contributed by atoms with Crippen molar-refractivity contribution in [3.8, 4) is 6.07 Å². The molecule has 2 N–H and O–H groups in total. The van der Waals surface area contributed by atoms with Crippen molar-refractivity contribution < 1.29 is 18.8 Å². The third kappa shape index (κ3) is 80.3. The van der Waals surface area contributed by atoms with Crippen LogP contribution in [0.5, 0.6) is 0 Å². The fourth-order valence-electron chi connectivity index (χ4n) is 0.0884. The quantitative estimate of drug-likeness (QED) is 0.759. The molecule has 3 nitrogen and oxygen atoms in total. The molecule has 0 aromatic rings. The molecule has 0 fully saturated rings. The Morgan fingerprint density at radius 2 is 1.60 bits per heavy atom. The molecule has 0 saturated carbocycles. The Bertz CT molecular complexity index is 62.4. The van der Waals surface area contributed by atoms with E-state index < -0.39 is 0 Å². The van der Waals surface area contributed by atoms with Crippen LogP contribution < -0.4 is 0 Å². The van der Waals surface area contributed by atoms with Crippen molar-refractivity contribution in [2.75, 3.05) is 13.1 Å². The molecule has 0 bridgehead atoms. The standard InChI is InChI=1S/C3H8N2.C2H3N.ClH.Pt/c4-2-1-3-5;1-2-3;;/h4-5H,1-3H2;1H3;1H;/q-2;;;+1/p-1. The van der Waals surface area contributed by atoms with Gasteiger partial charge in [-0.15, -0.1) is 0 Å². The fraction of sp³-hybridized carbons (Fsp3) is 0.800. The summed E-state index contributed by atoms with van der Waals surface area (Å²) in [7, 11) is 4.61. The van der Waals surface area contributed by atoms with Gasteiger partial charge in [-0.05, 0) is 0 Å². The van der Waals surface area contributed by atoms with Gasteiger partial charge in [0.2, 0.25) is 0 Å². The number of nitrogens with one attached hydrogen (secondary N) is 2. The van der Waals surface area contributed by atoms with Gasteiger partial charge in [0.1, 0.15) is 0 Å². The zero-order valence-electron chi connectivity index (χ0n) is 5.76. The minimum absolute atomic E-state index is 0.406. The predicted octanol–water partition coefficient (Wildman–Crippen LogP) is 2.70. The molecule has 65 valence electrons. The second-order valence-corrected chi connectivity index (χ2v) is 1.08. The molecule has 10 heavy (non-hydrogen) atoms. The normalized spacial score (nSPS) is 5.70. The van der Waals surface area contributed by atoms with E-state index in [9.17, 15) is 0 Å². The van der Waals surface area contributed by atoms with Crippen LogP contribution in [0.15, 0.2) is 0 Å². The zero-order chi connectivity index (χ0) is 8.83. The molecule has 0 amide bonds. The van der Waals surface area contributed by atoms with E-state index >= 15 is 0 Å². The molecule has 0 heterocycles. The summed E-state index contributed by atoms with van der Waals surface area (Å²) < 4.78 is 0.